The summed E-state index contributed by atoms with van der Waals surface area (Å²) in [6.45, 7) is -0.209. The molecule has 1 aliphatic carbocycles. The average Bonchev–Trinajstić information content (AvgIpc) is 3.04. The SMILES string of the molecule is COC(=O)C1(CC2CC2)COCCC1(F)F. The van der Waals surface area contributed by atoms with Gasteiger partial charge in [-0.1, -0.05) is 12.8 Å². The molecule has 1 atom stereocenters. The van der Waals surface area contributed by atoms with E-state index < -0.39 is 23.7 Å². The number of alkyl halides is 2. The highest BCUT2D eigenvalue weighted by molar-refractivity contribution is 5.78. The van der Waals surface area contributed by atoms with Crippen LogP contribution in [-0.4, -0.2) is 32.2 Å². The monoisotopic (exact) mass is 234 g/mol. The molecule has 0 aromatic heterocycles. The van der Waals surface area contributed by atoms with Crippen LogP contribution in [0.3, 0.4) is 0 Å². The molecule has 92 valence electrons. The molecule has 1 unspecified atom stereocenters. The van der Waals surface area contributed by atoms with Gasteiger partial charge in [-0.3, -0.25) is 4.79 Å². The van der Waals surface area contributed by atoms with Crippen molar-refractivity contribution in [1.82, 2.24) is 0 Å². The van der Waals surface area contributed by atoms with Gasteiger partial charge in [-0.05, 0) is 12.3 Å². The van der Waals surface area contributed by atoms with Gasteiger partial charge >= 0.3 is 5.97 Å². The third-order valence-corrected chi connectivity index (χ3v) is 3.52. The van der Waals surface area contributed by atoms with E-state index >= 15 is 0 Å². The van der Waals surface area contributed by atoms with Gasteiger partial charge in [0, 0.05) is 6.42 Å². The molecule has 1 heterocycles. The average molecular weight is 234 g/mol. The topological polar surface area (TPSA) is 35.5 Å². The fourth-order valence-electron chi connectivity index (χ4n) is 2.30. The number of carbonyl (C=O) groups is 1. The Bertz CT molecular complexity index is 289. The molecule has 2 rings (SSSR count). The lowest BCUT2D eigenvalue weighted by molar-refractivity contribution is -0.220. The Balaban J connectivity index is 2.25. The van der Waals surface area contributed by atoms with Gasteiger partial charge in [0.05, 0.1) is 20.3 Å². The Morgan fingerprint density at radius 2 is 2.19 bits per heavy atom. The maximum absolute atomic E-state index is 14.0. The Hall–Kier alpha value is -0.710. The van der Waals surface area contributed by atoms with Gasteiger partial charge in [-0.2, -0.15) is 0 Å². The van der Waals surface area contributed by atoms with E-state index in [1.165, 1.54) is 0 Å². The van der Waals surface area contributed by atoms with Gasteiger partial charge < -0.3 is 9.47 Å². The zero-order chi connectivity index (χ0) is 11.8. The van der Waals surface area contributed by atoms with E-state index in [0.717, 1.165) is 20.0 Å². The van der Waals surface area contributed by atoms with Crippen molar-refractivity contribution in [3.8, 4) is 0 Å². The molecule has 0 spiro atoms. The summed E-state index contributed by atoms with van der Waals surface area (Å²) in [6.07, 6.45) is 1.64. The summed E-state index contributed by atoms with van der Waals surface area (Å²) in [7, 11) is 1.15. The summed E-state index contributed by atoms with van der Waals surface area (Å²) in [5, 5.41) is 0. The standard InChI is InChI=1S/C11H16F2O3/c1-15-9(14)10(6-8-2-3-8)7-16-5-4-11(10,12)13/h8H,2-7H2,1H3. The normalized spacial score (nSPS) is 33.4. The number of methoxy groups -OCH3 is 1. The van der Waals surface area contributed by atoms with E-state index in [2.05, 4.69) is 4.74 Å². The molecular weight excluding hydrogens is 218 g/mol. The van der Waals surface area contributed by atoms with Crippen LogP contribution in [0.25, 0.3) is 0 Å². The molecule has 2 fully saturated rings. The van der Waals surface area contributed by atoms with Crippen LogP contribution in [0.5, 0.6) is 0 Å². The molecule has 1 aliphatic heterocycles. The summed E-state index contributed by atoms with van der Waals surface area (Å²) < 4.78 is 37.6. The van der Waals surface area contributed by atoms with Crippen molar-refractivity contribution in [3.63, 3.8) is 0 Å². The smallest absolute Gasteiger partial charge is 0.320 e. The summed E-state index contributed by atoms with van der Waals surface area (Å²) >= 11 is 0. The fourth-order valence-corrected chi connectivity index (χ4v) is 2.30. The van der Waals surface area contributed by atoms with Gasteiger partial charge in [0.15, 0.2) is 5.41 Å². The highest BCUT2D eigenvalue weighted by Gasteiger charge is 2.62. The molecule has 0 radical (unpaired) electrons. The Morgan fingerprint density at radius 3 is 2.69 bits per heavy atom. The van der Waals surface area contributed by atoms with Crippen LogP contribution in [0.4, 0.5) is 8.78 Å². The summed E-state index contributed by atoms with van der Waals surface area (Å²) in [5.41, 5.74) is -1.75. The van der Waals surface area contributed by atoms with Crippen LogP contribution in [0.1, 0.15) is 25.7 Å². The van der Waals surface area contributed by atoms with E-state index in [1.54, 1.807) is 0 Å². The predicted octanol–water partition coefficient (Wildman–Crippen LogP) is 2.00. The van der Waals surface area contributed by atoms with Crippen LogP contribution >= 0.6 is 0 Å². The molecule has 1 saturated heterocycles. The van der Waals surface area contributed by atoms with E-state index in [9.17, 15) is 13.6 Å². The third-order valence-electron chi connectivity index (χ3n) is 3.52. The number of ether oxygens (including phenoxy) is 2. The Morgan fingerprint density at radius 1 is 1.50 bits per heavy atom. The maximum atomic E-state index is 14.0. The van der Waals surface area contributed by atoms with Crippen molar-refractivity contribution in [2.75, 3.05) is 20.3 Å². The van der Waals surface area contributed by atoms with Crippen molar-refractivity contribution in [3.05, 3.63) is 0 Å². The van der Waals surface area contributed by atoms with E-state index in [-0.39, 0.29) is 25.6 Å². The van der Waals surface area contributed by atoms with Crippen LogP contribution in [0.2, 0.25) is 0 Å². The molecule has 2 aliphatic rings. The van der Waals surface area contributed by atoms with Crippen molar-refractivity contribution < 1.29 is 23.0 Å². The van der Waals surface area contributed by atoms with Crippen LogP contribution < -0.4 is 0 Å². The number of hydrogen-bond donors (Lipinski definition) is 0. The third kappa shape index (κ3) is 1.81. The number of hydrogen-bond acceptors (Lipinski definition) is 3. The van der Waals surface area contributed by atoms with Crippen molar-refractivity contribution >= 4 is 5.97 Å². The minimum Gasteiger partial charge on any atom is -0.468 e. The lowest BCUT2D eigenvalue weighted by atomic mass is 9.74. The van der Waals surface area contributed by atoms with Gasteiger partial charge in [0.2, 0.25) is 0 Å². The zero-order valence-corrected chi connectivity index (χ0v) is 9.30. The number of halogens is 2. The second-order valence-electron chi connectivity index (χ2n) is 4.73. The molecule has 1 saturated carbocycles. The quantitative estimate of drug-likeness (QED) is 0.701. The summed E-state index contributed by atoms with van der Waals surface area (Å²) in [4.78, 5) is 11.7. The summed E-state index contributed by atoms with van der Waals surface area (Å²) in [6, 6.07) is 0. The van der Waals surface area contributed by atoms with Crippen molar-refractivity contribution in [2.45, 2.75) is 31.6 Å². The second kappa shape index (κ2) is 3.95. The van der Waals surface area contributed by atoms with Gasteiger partial charge in [-0.15, -0.1) is 0 Å². The predicted molar refractivity (Wildman–Crippen MR) is 52.2 cm³/mol. The second-order valence-corrected chi connectivity index (χ2v) is 4.73. The maximum Gasteiger partial charge on any atom is 0.320 e. The van der Waals surface area contributed by atoms with Gasteiger partial charge in [0.1, 0.15) is 0 Å². The largest absolute Gasteiger partial charge is 0.468 e. The summed E-state index contributed by atoms with van der Waals surface area (Å²) in [5.74, 6) is -3.61. The lowest BCUT2D eigenvalue weighted by Crippen LogP contribution is -2.55. The highest BCUT2D eigenvalue weighted by atomic mass is 19.3. The molecule has 0 amide bonds. The molecule has 0 aromatic rings. The molecule has 0 aromatic carbocycles. The molecule has 3 nitrogen and oxygen atoms in total. The minimum atomic E-state index is -3.01. The molecular formula is C11H16F2O3. The molecule has 5 heteroatoms. The lowest BCUT2D eigenvalue weighted by Gasteiger charge is -2.41. The highest BCUT2D eigenvalue weighted by Crippen LogP contribution is 2.51. The van der Waals surface area contributed by atoms with Crippen LogP contribution in [0, 0.1) is 11.3 Å². The van der Waals surface area contributed by atoms with E-state index in [1.807, 2.05) is 0 Å². The number of esters is 1. The van der Waals surface area contributed by atoms with E-state index in [0.29, 0.717) is 0 Å². The molecule has 0 bridgehead atoms. The Kier molecular flexibility index (Phi) is 2.90. The first-order valence-electron chi connectivity index (χ1n) is 5.56. The van der Waals surface area contributed by atoms with Crippen molar-refractivity contribution in [1.29, 1.82) is 0 Å². The first-order valence-corrected chi connectivity index (χ1v) is 5.56. The number of carbonyl (C=O) groups excluding carboxylic acids is 1. The van der Waals surface area contributed by atoms with Crippen molar-refractivity contribution in [2.24, 2.45) is 11.3 Å². The minimum absolute atomic E-state index is 0.0103. The molecule has 16 heavy (non-hydrogen) atoms. The first kappa shape index (κ1) is 11.8. The van der Waals surface area contributed by atoms with E-state index in [4.69, 9.17) is 4.74 Å². The van der Waals surface area contributed by atoms with Crippen LogP contribution in [-0.2, 0) is 14.3 Å². The Labute approximate surface area is 93.1 Å². The molecule has 0 N–H and O–H groups in total. The van der Waals surface area contributed by atoms with Gasteiger partial charge in [-0.25, -0.2) is 8.78 Å². The first-order chi connectivity index (χ1) is 7.52. The van der Waals surface area contributed by atoms with Gasteiger partial charge in [0.25, 0.3) is 5.92 Å². The zero-order valence-electron chi connectivity index (χ0n) is 9.30. The fraction of sp³-hybridized carbons (Fsp3) is 0.909. The number of rotatable bonds is 3. The van der Waals surface area contributed by atoms with Crippen LogP contribution in [0.15, 0.2) is 0 Å².